The lowest BCUT2D eigenvalue weighted by Crippen LogP contribution is -2.23. The third kappa shape index (κ3) is 3.87. The van der Waals surface area contributed by atoms with Gasteiger partial charge in [0.25, 0.3) is 0 Å². The average molecular weight is 239 g/mol. The van der Waals surface area contributed by atoms with Gasteiger partial charge in [-0.2, -0.15) is 0 Å². The Balaban J connectivity index is 2.54. The maximum absolute atomic E-state index is 11.8. The molecule has 0 aliphatic carbocycles. The van der Waals surface area contributed by atoms with Crippen molar-refractivity contribution in [1.82, 2.24) is 0 Å². The van der Waals surface area contributed by atoms with Crippen molar-refractivity contribution in [2.24, 2.45) is 0 Å². The number of thioether (sulfide) groups is 1. The standard InChI is InChI=1S/C12H17NO2S/c1-9-5-3-4-6-11(9)13-12(15)10(2)16-8-7-14/h3-6,10,14H,7-8H2,1-2H3,(H,13,15). The molecule has 0 radical (unpaired) electrons. The van der Waals surface area contributed by atoms with Gasteiger partial charge in [-0.1, -0.05) is 18.2 Å². The minimum Gasteiger partial charge on any atom is -0.396 e. The molecule has 0 heterocycles. The van der Waals surface area contributed by atoms with Crippen molar-refractivity contribution in [3.63, 3.8) is 0 Å². The Morgan fingerprint density at radius 1 is 1.50 bits per heavy atom. The van der Waals surface area contributed by atoms with E-state index in [0.29, 0.717) is 5.75 Å². The van der Waals surface area contributed by atoms with Crippen LogP contribution in [0.2, 0.25) is 0 Å². The van der Waals surface area contributed by atoms with E-state index in [0.717, 1.165) is 11.3 Å². The van der Waals surface area contributed by atoms with Gasteiger partial charge in [-0.25, -0.2) is 0 Å². The van der Waals surface area contributed by atoms with E-state index in [1.165, 1.54) is 11.8 Å². The van der Waals surface area contributed by atoms with Gasteiger partial charge < -0.3 is 10.4 Å². The molecule has 0 aliphatic heterocycles. The molecule has 4 heteroatoms. The van der Waals surface area contributed by atoms with Crippen molar-refractivity contribution in [2.45, 2.75) is 19.1 Å². The molecule has 0 aliphatic rings. The van der Waals surface area contributed by atoms with Crippen LogP contribution in [0, 0.1) is 6.92 Å². The third-order valence-electron chi connectivity index (χ3n) is 2.23. The van der Waals surface area contributed by atoms with Crippen molar-refractivity contribution in [1.29, 1.82) is 0 Å². The number of rotatable bonds is 5. The number of aliphatic hydroxyl groups is 1. The fraction of sp³-hybridized carbons (Fsp3) is 0.417. The molecular weight excluding hydrogens is 222 g/mol. The number of nitrogens with one attached hydrogen (secondary N) is 1. The summed E-state index contributed by atoms with van der Waals surface area (Å²) >= 11 is 1.45. The number of para-hydroxylation sites is 1. The number of carbonyl (C=O) groups is 1. The Kier molecular flexibility index (Phi) is 5.35. The van der Waals surface area contributed by atoms with Crippen LogP contribution in [0.4, 0.5) is 5.69 Å². The van der Waals surface area contributed by atoms with E-state index in [-0.39, 0.29) is 17.8 Å². The van der Waals surface area contributed by atoms with Crippen LogP contribution in [0.3, 0.4) is 0 Å². The van der Waals surface area contributed by atoms with Crippen molar-refractivity contribution in [3.8, 4) is 0 Å². The molecule has 2 N–H and O–H groups in total. The fourth-order valence-electron chi connectivity index (χ4n) is 1.25. The molecule has 0 spiro atoms. The monoisotopic (exact) mass is 239 g/mol. The summed E-state index contributed by atoms with van der Waals surface area (Å²) in [6, 6.07) is 7.68. The highest BCUT2D eigenvalue weighted by molar-refractivity contribution is 8.00. The molecule has 0 saturated heterocycles. The van der Waals surface area contributed by atoms with Gasteiger partial charge in [0, 0.05) is 11.4 Å². The Morgan fingerprint density at radius 2 is 2.19 bits per heavy atom. The van der Waals surface area contributed by atoms with Gasteiger partial charge in [0.2, 0.25) is 5.91 Å². The first kappa shape index (κ1) is 13.1. The van der Waals surface area contributed by atoms with Gasteiger partial charge in [0.1, 0.15) is 0 Å². The minimum atomic E-state index is -0.147. The van der Waals surface area contributed by atoms with E-state index in [1.54, 1.807) is 0 Å². The summed E-state index contributed by atoms with van der Waals surface area (Å²) in [6.07, 6.45) is 0. The molecule has 0 aromatic heterocycles. The molecule has 3 nitrogen and oxygen atoms in total. The van der Waals surface area contributed by atoms with Gasteiger partial charge in [0.05, 0.1) is 11.9 Å². The largest absolute Gasteiger partial charge is 0.396 e. The van der Waals surface area contributed by atoms with Crippen LogP contribution in [0.5, 0.6) is 0 Å². The lowest BCUT2D eigenvalue weighted by Gasteiger charge is -2.12. The number of amides is 1. The van der Waals surface area contributed by atoms with Crippen molar-refractivity contribution >= 4 is 23.4 Å². The normalized spacial score (nSPS) is 12.2. The molecule has 1 aromatic rings. The van der Waals surface area contributed by atoms with Crippen LogP contribution in [0.15, 0.2) is 24.3 Å². The van der Waals surface area contributed by atoms with E-state index in [2.05, 4.69) is 5.32 Å². The lowest BCUT2D eigenvalue weighted by molar-refractivity contribution is -0.115. The number of aliphatic hydroxyl groups excluding tert-OH is 1. The second-order valence-electron chi connectivity index (χ2n) is 3.54. The average Bonchev–Trinajstić information content (AvgIpc) is 2.28. The number of hydrogen-bond donors (Lipinski definition) is 2. The molecule has 1 amide bonds. The molecule has 1 rings (SSSR count). The fourth-order valence-corrected chi connectivity index (χ4v) is 1.92. The Morgan fingerprint density at radius 3 is 2.81 bits per heavy atom. The first-order valence-electron chi connectivity index (χ1n) is 5.24. The highest BCUT2D eigenvalue weighted by Crippen LogP contribution is 2.16. The maximum Gasteiger partial charge on any atom is 0.237 e. The summed E-state index contributed by atoms with van der Waals surface area (Å²) in [6.45, 7) is 3.90. The number of carbonyl (C=O) groups excluding carboxylic acids is 1. The first-order chi connectivity index (χ1) is 7.65. The summed E-state index contributed by atoms with van der Waals surface area (Å²) in [5.41, 5.74) is 1.90. The van der Waals surface area contributed by atoms with Gasteiger partial charge in [-0.15, -0.1) is 11.8 Å². The van der Waals surface area contributed by atoms with Crippen molar-refractivity contribution in [3.05, 3.63) is 29.8 Å². The molecule has 0 saturated carbocycles. The molecule has 1 unspecified atom stereocenters. The van der Waals surface area contributed by atoms with Crippen LogP contribution in [0.1, 0.15) is 12.5 Å². The number of hydrogen-bond acceptors (Lipinski definition) is 3. The molecule has 1 atom stereocenters. The molecule has 88 valence electrons. The molecule has 0 fully saturated rings. The molecule has 0 bridgehead atoms. The van der Waals surface area contributed by atoms with Gasteiger partial charge in [0.15, 0.2) is 0 Å². The van der Waals surface area contributed by atoms with Crippen molar-refractivity contribution < 1.29 is 9.90 Å². The lowest BCUT2D eigenvalue weighted by atomic mass is 10.2. The van der Waals surface area contributed by atoms with Crippen LogP contribution in [-0.4, -0.2) is 28.6 Å². The first-order valence-corrected chi connectivity index (χ1v) is 6.29. The SMILES string of the molecule is Cc1ccccc1NC(=O)C(C)SCCO. The number of benzene rings is 1. The topological polar surface area (TPSA) is 49.3 Å². The van der Waals surface area contributed by atoms with Gasteiger partial charge >= 0.3 is 0 Å². The highest BCUT2D eigenvalue weighted by Gasteiger charge is 2.13. The van der Waals surface area contributed by atoms with E-state index < -0.39 is 0 Å². The van der Waals surface area contributed by atoms with E-state index in [4.69, 9.17) is 5.11 Å². The Bertz CT molecular complexity index is 355. The highest BCUT2D eigenvalue weighted by atomic mass is 32.2. The number of aryl methyl sites for hydroxylation is 1. The molecule has 1 aromatic carbocycles. The summed E-state index contributed by atoms with van der Waals surface area (Å²) in [5.74, 6) is 0.565. The predicted molar refractivity (Wildman–Crippen MR) is 68.8 cm³/mol. The minimum absolute atomic E-state index is 0.0206. The van der Waals surface area contributed by atoms with E-state index >= 15 is 0 Å². The summed E-state index contributed by atoms with van der Waals surface area (Å²) in [5, 5.41) is 11.4. The second-order valence-corrected chi connectivity index (χ2v) is 4.99. The smallest absolute Gasteiger partial charge is 0.237 e. The zero-order valence-corrected chi connectivity index (χ0v) is 10.4. The summed E-state index contributed by atoms with van der Waals surface area (Å²) in [4.78, 5) is 11.8. The quantitative estimate of drug-likeness (QED) is 0.826. The summed E-state index contributed by atoms with van der Waals surface area (Å²) < 4.78 is 0. The summed E-state index contributed by atoms with van der Waals surface area (Å²) in [7, 11) is 0. The predicted octanol–water partition coefficient (Wildman–Crippen LogP) is 2.05. The van der Waals surface area contributed by atoms with Gasteiger partial charge in [-0.05, 0) is 25.5 Å². The maximum atomic E-state index is 11.8. The Hall–Kier alpha value is -1.000. The van der Waals surface area contributed by atoms with Crippen LogP contribution in [-0.2, 0) is 4.79 Å². The van der Waals surface area contributed by atoms with Crippen LogP contribution < -0.4 is 5.32 Å². The van der Waals surface area contributed by atoms with E-state index in [9.17, 15) is 4.79 Å². The molecule has 16 heavy (non-hydrogen) atoms. The van der Waals surface area contributed by atoms with Gasteiger partial charge in [-0.3, -0.25) is 4.79 Å². The third-order valence-corrected chi connectivity index (χ3v) is 3.36. The number of anilines is 1. The molecular formula is C12H17NO2S. The Labute approximate surface area is 100 Å². The second kappa shape index (κ2) is 6.55. The van der Waals surface area contributed by atoms with Crippen molar-refractivity contribution in [2.75, 3.05) is 17.7 Å². The van der Waals surface area contributed by atoms with Crippen LogP contribution >= 0.6 is 11.8 Å². The van der Waals surface area contributed by atoms with E-state index in [1.807, 2.05) is 38.1 Å². The zero-order valence-electron chi connectivity index (χ0n) is 9.56. The van der Waals surface area contributed by atoms with Crippen LogP contribution in [0.25, 0.3) is 0 Å². The zero-order chi connectivity index (χ0) is 12.0.